The van der Waals surface area contributed by atoms with Crippen molar-refractivity contribution in [2.24, 2.45) is 0 Å². The van der Waals surface area contributed by atoms with E-state index in [0.717, 1.165) is 6.42 Å². The predicted octanol–water partition coefficient (Wildman–Crippen LogP) is 2.75. The number of nitrogens with one attached hydrogen (secondary N) is 1. The fraction of sp³-hybridized carbons (Fsp3) is 0.188. The average Bonchev–Trinajstić information content (AvgIpc) is 2.39. The van der Waals surface area contributed by atoms with Crippen molar-refractivity contribution >= 4 is 5.91 Å². The first kappa shape index (κ1) is 13.1. The predicted molar refractivity (Wildman–Crippen MR) is 75.2 cm³/mol. The van der Waals surface area contributed by atoms with Crippen LogP contribution in [-0.4, -0.2) is 17.1 Å². The Morgan fingerprint density at radius 2 is 1.89 bits per heavy atom. The fourth-order valence-corrected chi connectivity index (χ4v) is 1.97. The van der Waals surface area contributed by atoms with E-state index in [2.05, 4.69) is 5.32 Å². The molecule has 0 heterocycles. The third-order valence-corrected chi connectivity index (χ3v) is 2.87. The van der Waals surface area contributed by atoms with Gasteiger partial charge in [-0.25, -0.2) is 0 Å². The van der Waals surface area contributed by atoms with E-state index in [0.29, 0.717) is 5.56 Å². The Balaban J connectivity index is 1.95. The molecule has 0 aliphatic rings. The highest BCUT2D eigenvalue weighted by Gasteiger charge is 2.10. The standard InChI is InChI=1S/C16H17NO2/c1-12(10-13-6-3-2-4-7-13)17-16(19)14-8-5-9-15(18)11-14/h2-9,11-12,18H,10H2,1H3,(H,17,19). The van der Waals surface area contributed by atoms with Crippen LogP contribution in [0.15, 0.2) is 54.6 Å². The molecular weight excluding hydrogens is 238 g/mol. The Labute approximate surface area is 112 Å². The van der Waals surface area contributed by atoms with Gasteiger partial charge >= 0.3 is 0 Å². The van der Waals surface area contributed by atoms with Crippen LogP contribution >= 0.6 is 0 Å². The van der Waals surface area contributed by atoms with Crippen LogP contribution in [0, 0.1) is 0 Å². The molecular formula is C16H17NO2. The van der Waals surface area contributed by atoms with Crippen molar-refractivity contribution in [1.82, 2.24) is 5.32 Å². The smallest absolute Gasteiger partial charge is 0.251 e. The van der Waals surface area contributed by atoms with Crippen LogP contribution < -0.4 is 5.32 Å². The number of benzene rings is 2. The van der Waals surface area contributed by atoms with Gasteiger partial charge in [0.25, 0.3) is 5.91 Å². The third-order valence-electron chi connectivity index (χ3n) is 2.87. The summed E-state index contributed by atoms with van der Waals surface area (Å²) in [5, 5.41) is 12.3. The zero-order chi connectivity index (χ0) is 13.7. The molecule has 0 saturated heterocycles. The Morgan fingerprint density at radius 3 is 2.58 bits per heavy atom. The van der Waals surface area contributed by atoms with Crippen molar-refractivity contribution in [3.8, 4) is 5.75 Å². The summed E-state index contributed by atoms with van der Waals surface area (Å²) in [6.07, 6.45) is 0.783. The molecule has 2 aromatic rings. The molecule has 0 saturated carbocycles. The summed E-state index contributed by atoms with van der Waals surface area (Å²) in [6.45, 7) is 1.97. The fourth-order valence-electron chi connectivity index (χ4n) is 1.97. The summed E-state index contributed by atoms with van der Waals surface area (Å²) >= 11 is 0. The van der Waals surface area contributed by atoms with Gasteiger partial charge in [0.2, 0.25) is 0 Å². The Morgan fingerprint density at radius 1 is 1.16 bits per heavy atom. The van der Waals surface area contributed by atoms with Crippen LogP contribution in [0.4, 0.5) is 0 Å². The number of amides is 1. The summed E-state index contributed by atoms with van der Waals surface area (Å²) in [7, 11) is 0. The second kappa shape index (κ2) is 6.05. The first-order valence-electron chi connectivity index (χ1n) is 6.29. The lowest BCUT2D eigenvalue weighted by atomic mass is 10.1. The summed E-state index contributed by atoms with van der Waals surface area (Å²) < 4.78 is 0. The van der Waals surface area contributed by atoms with E-state index < -0.39 is 0 Å². The molecule has 3 heteroatoms. The van der Waals surface area contributed by atoms with E-state index in [9.17, 15) is 9.90 Å². The summed E-state index contributed by atoms with van der Waals surface area (Å²) in [6, 6.07) is 16.4. The normalized spacial score (nSPS) is 11.8. The average molecular weight is 255 g/mol. The van der Waals surface area contributed by atoms with Crippen molar-refractivity contribution in [1.29, 1.82) is 0 Å². The SMILES string of the molecule is CC(Cc1ccccc1)NC(=O)c1cccc(O)c1. The summed E-state index contributed by atoms with van der Waals surface area (Å²) in [5.74, 6) is -0.0670. The van der Waals surface area contributed by atoms with Crippen LogP contribution in [0.1, 0.15) is 22.8 Å². The van der Waals surface area contributed by atoms with Gasteiger partial charge in [0.1, 0.15) is 5.75 Å². The molecule has 0 bridgehead atoms. The first-order chi connectivity index (χ1) is 9.15. The molecule has 0 aromatic heterocycles. The Bertz CT molecular complexity index is 552. The van der Waals surface area contributed by atoms with Crippen LogP contribution in [0.2, 0.25) is 0 Å². The third kappa shape index (κ3) is 3.85. The number of phenolic OH excluding ortho intramolecular Hbond substituents is 1. The molecule has 0 radical (unpaired) electrons. The van der Waals surface area contributed by atoms with E-state index in [1.807, 2.05) is 37.3 Å². The number of aromatic hydroxyl groups is 1. The molecule has 98 valence electrons. The Kier molecular flexibility index (Phi) is 4.18. The second-order valence-electron chi connectivity index (χ2n) is 4.61. The van der Waals surface area contributed by atoms with Crippen LogP contribution in [0.3, 0.4) is 0 Å². The monoisotopic (exact) mass is 255 g/mol. The molecule has 2 rings (SSSR count). The van der Waals surface area contributed by atoms with E-state index >= 15 is 0 Å². The van der Waals surface area contributed by atoms with Crippen LogP contribution in [0.5, 0.6) is 5.75 Å². The molecule has 2 N–H and O–H groups in total. The molecule has 19 heavy (non-hydrogen) atoms. The molecule has 1 atom stereocenters. The maximum absolute atomic E-state index is 12.0. The maximum atomic E-state index is 12.0. The molecule has 0 aliphatic carbocycles. The minimum Gasteiger partial charge on any atom is -0.508 e. The molecule has 1 unspecified atom stereocenters. The maximum Gasteiger partial charge on any atom is 0.251 e. The zero-order valence-corrected chi connectivity index (χ0v) is 10.8. The molecule has 0 fully saturated rings. The van der Waals surface area contributed by atoms with Crippen molar-refractivity contribution in [3.05, 3.63) is 65.7 Å². The van der Waals surface area contributed by atoms with Gasteiger partial charge in [-0.1, -0.05) is 36.4 Å². The zero-order valence-electron chi connectivity index (χ0n) is 10.8. The molecule has 2 aromatic carbocycles. The number of hydrogen-bond donors (Lipinski definition) is 2. The van der Waals surface area contributed by atoms with E-state index in [1.165, 1.54) is 11.6 Å². The highest BCUT2D eigenvalue weighted by molar-refractivity contribution is 5.94. The van der Waals surface area contributed by atoms with E-state index in [1.54, 1.807) is 18.2 Å². The largest absolute Gasteiger partial charge is 0.508 e. The van der Waals surface area contributed by atoms with Gasteiger partial charge in [0.15, 0.2) is 0 Å². The van der Waals surface area contributed by atoms with Crippen molar-refractivity contribution in [2.45, 2.75) is 19.4 Å². The van der Waals surface area contributed by atoms with Gasteiger partial charge in [-0.05, 0) is 37.1 Å². The number of phenols is 1. The lowest BCUT2D eigenvalue weighted by Gasteiger charge is -2.14. The van der Waals surface area contributed by atoms with Crippen molar-refractivity contribution in [3.63, 3.8) is 0 Å². The van der Waals surface area contributed by atoms with Gasteiger partial charge in [-0.3, -0.25) is 4.79 Å². The van der Waals surface area contributed by atoms with Crippen molar-refractivity contribution < 1.29 is 9.90 Å². The van der Waals surface area contributed by atoms with Gasteiger partial charge in [-0.15, -0.1) is 0 Å². The topological polar surface area (TPSA) is 49.3 Å². The lowest BCUT2D eigenvalue weighted by Crippen LogP contribution is -2.34. The summed E-state index contributed by atoms with van der Waals surface area (Å²) in [5.41, 5.74) is 1.66. The number of carbonyl (C=O) groups excluding carboxylic acids is 1. The second-order valence-corrected chi connectivity index (χ2v) is 4.61. The van der Waals surface area contributed by atoms with Gasteiger partial charge in [0.05, 0.1) is 0 Å². The first-order valence-corrected chi connectivity index (χ1v) is 6.29. The highest BCUT2D eigenvalue weighted by atomic mass is 16.3. The molecule has 0 aliphatic heterocycles. The molecule has 3 nitrogen and oxygen atoms in total. The number of carbonyl (C=O) groups is 1. The number of hydrogen-bond acceptors (Lipinski definition) is 2. The van der Waals surface area contributed by atoms with E-state index in [-0.39, 0.29) is 17.7 Å². The van der Waals surface area contributed by atoms with Gasteiger partial charge in [-0.2, -0.15) is 0 Å². The minimum atomic E-state index is -0.167. The number of rotatable bonds is 4. The van der Waals surface area contributed by atoms with Crippen molar-refractivity contribution in [2.75, 3.05) is 0 Å². The van der Waals surface area contributed by atoms with Crippen LogP contribution in [-0.2, 0) is 6.42 Å². The van der Waals surface area contributed by atoms with Crippen LogP contribution in [0.25, 0.3) is 0 Å². The van der Waals surface area contributed by atoms with Gasteiger partial charge < -0.3 is 10.4 Å². The minimum absolute atomic E-state index is 0.0391. The Hall–Kier alpha value is -2.29. The molecule has 0 spiro atoms. The van der Waals surface area contributed by atoms with E-state index in [4.69, 9.17) is 0 Å². The lowest BCUT2D eigenvalue weighted by molar-refractivity contribution is 0.0939. The quantitative estimate of drug-likeness (QED) is 0.882. The highest BCUT2D eigenvalue weighted by Crippen LogP contribution is 2.11. The summed E-state index contributed by atoms with van der Waals surface area (Å²) in [4.78, 5) is 12.0. The van der Waals surface area contributed by atoms with Gasteiger partial charge in [0, 0.05) is 11.6 Å². The molecule has 1 amide bonds.